The quantitative estimate of drug-likeness (QED) is 0.614. The average Bonchev–Trinajstić information content (AvgIpc) is 3.16. The summed E-state index contributed by atoms with van der Waals surface area (Å²) in [5.41, 5.74) is 2.82. The van der Waals surface area contributed by atoms with Crippen molar-refractivity contribution in [2.45, 2.75) is 24.8 Å². The van der Waals surface area contributed by atoms with Crippen molar-refractivity contribution in [3.05, 3.63) is 58.6 Å². The van der Waals surface area contributed by atoms with Gasteiger partial charge in [0.1, 0.15) is 5.01 Å². The fourth-order valence-corrected chi connectivity index (χ4v) is 6.11. The lowest BCUT2D eigenvalue weighted by Gasteiger charge is -2.25. The summed E-state index contributed by atoms with van der Waals surface area (Å²) in [7, 11) is -0.327. The van der Waals surface area contributed by atoms with Crippen LogP contribution in [0.25, 0.3) is 10.6 Å². The van der Waals surface area contributed by atoms with E-state index in [2.05, 4.69) is 0 Å². The van der Waals surface area contributed by atoms with Crippen LogP contribution in [0.3, 0.4) is 0 Å². The highest BCUT2D eigenvalue weighted by Gasteiger charge is 2.30. The standard InChI is InChI=1S/C21H22N2O4S2/c1-14-5-4-6-16(11-14)29(24,25)23-10-9-17-20(13-23)28-21(22-17)15-7-8-18(26-2)19(12-15)27-3/h4-8,11-12H,9-10,13H2,1-3H3. The minimum Gasteiger partial charge on any atom is -0.493 e. The van der Waals surface area contributed by atoms with E-state index in [1.807, 2.05) is 31.2 Å². The van der Waals surface area contributed by atoms with E-state index < -0.39 is 10.0 Å². The number of aryl methyl sites for hydroxylation is 1. The highest BCUT2D eigenvalue weighted by molar-refractivity contribution is 7.89. The minimum absolute atomic E-state index is 0.338. The number of sulfonamides is 1. The lowest BCUT2D eigenvalue weighted by atomic mass is 10.2. The highest BCUT2D eigenvalue weighted by atomic mass is 32.2. The average molecular weight is 431 g/mol. The second kappa shape index (κ2) is 7.78. The van der Waals surface area contributed by atoms with Crippen molar-refractivity contribution >= 4 is 21.4 Å². The maximum absolute atomic E-state index is 13.1. The molecule has 29 heavy (non-hydrogen) atoms. The molecule has 0 saturated heterocycles. The third-order valence-electron chi connectivity index (χ3n) is 4.95. The van der Waals surface area contributed by atoms with Gasteiger partial charge in [0, 0.05) is 23.4 Å². The Morgan fingerprint density at radius 3 is 2.59 bits per heavy atom. The lowest BCUT2D eigenvalue weighted by Crippen LogP contribution is -2.35. The fourth-order valence-electron chi connectivity index (χ4n) is 3.39. The fraction of sp³-hybridized carbons (Fsp3) is 0.286. The molecule has 0 unspecified atom stereocenters. The number of fused-ring (bicyclic) bond motifs is 1. The smallest absolute Gasteiger partial charge is 0.243 e. The molecule has 0 fully saturated rings. The van der Waals surface area contributed by atoms with Crippen LogP contribution in [-0.4, -0.2) is 38.5 Å². The Kier molecular flexibility index (Phi) is 5.33. The third kappa shape index (κ3) is 3.75. The van der Waals surface area contributed by atoms with Gasteiger partial charge >= 0.3 is 0 Å². The number of hydrogen-bond acceptors (Lipinski definition) is 6. The number of rotatable bonds is 5. The number of aromatic nitrogens is 1. The van der Waals surface area contributed by atoms with Gasteiger partial charge in [-0.05, 0) is 42.8 Å². The molecule has 0 N–H and O–H groups in total. The maximum atomic E-state index is 13.1. The molecule has 1 aromatic heterocycles. The van der Waals surface area contributed by atoms with E-state index >= 15 is 0 Å². The van der Waals surface area contributed by atoms with E-state index in [1.165, 1.54) is 11.3 Å². The zero-order valence-corrected chi connectivity index (χ0v) is 18.1. The van der Waals surface area contributed by atoms with E-state index in [0.29, 0.717) is 35.9 Å². The van der Waals surface area contributed by atoms with Gasteiger partial charge in [-0.15, -0.1) is 11.3 Å². The SMILES string of the molecule is COc1ccc(-c2nc3c(s2)CN(S(=O)(=O)c2cccc(C)c2)CC3)cc1OC. The Morgan fingerprint density at radius 1 is 1.07 bits per heavy atom. The van der Waals surface area contributed by atoms with Gasteiger partial charge < -0.3 is 9.47 Å². The summed E-state index contributed by atoms with van der Waals surface area (Å²) in [6.07, 6.45) is 0.601. The molecule has 1 aliphatic heterocycles. The van der Waals surface area contributed by atoms with Gasteiger partial charge in [0.2, 0.25) is 10.0 Å². The molecule has 1 aliphatic rings. The minimum atomic E-state index is -3.53. The molecule has 8 heteroatoms. The van der Waals surface area contributed by atoms with Crippen LogP contribution in [0.4, 0.5) is 0 Å². The molecule has 4 rings (SSSR count). The number of nitrogens with zero attached hydrogens (tertiary/aromatic N) is 2. The molecular weight excluding hydrogens is 408 g/mol. The second-order valence-corrected chi connectivity index (χ2v) is 9.89. The first-order chi connectivity index (χ1) is 13.9. The normalized spacial score (nSPS) is 14.4. The topological polar surface area (TPSA) is 68.7 Å². The Balaban J connectivity index is 1.63. The van der Waals surface area contributed by atoms with Gasteiger partial charge in [-0.2, -0.15) is 4.31 Å². The lowest BCUT2D eigenvalue weighted by molar-refractivity contribution is 0.355. The molecular formula is C21H22N2O4S2. The van der Waals surface area contributed by atoms with Crippen molar-refractivity contribution in [3.8, 4) is 22.1 Å². The van der Waals surface area contributed by atoms with Crippen molar-refractivity contribution in [1.82, 2.24) is 9.29 Å². The van der Waals surface area contributed by atoms with E-state index in [0.717, 1.165) is 26.7 Å². The number of benzene rings is 2. The largest absolute Gasteiger partial charge is 0.493 e. The number of methoxy groups -OCH3 is 2. The molecule has 0 aliphatic carbocycles. The zero-order valence-electron chi connectivity index (χ0n) is 16.5. The molecule has 3 aromatic rings. The molecule has 6 nitrogen and oxygen atoms in total. The molecule has 0 amide bonds. The molecule has 0 radical (unpaired) electrons. The summed E-state index contributed by atoms with van der Waals surface area (Å²) in [5.74, 6) is 1.30. The summed E-state index contributed by atoms with van der Waals surface area (Å²) in [4.78, 5) is 6.08. The second-order valence-electron chi connectivity index (χ2n) is 6.86. The van der Waals surface area contributed by atoms with Crippen molar-refractivity contribution < 1.29 is 17.9 Å². The van der Waals surface area contributed by atoms with Gasteiger partial charge in [0.05, 0.1) is 31.4 Å². The van der Waals surface area contributed by atoms with Crippen molar-refractivity contribution in [2.75, 3.05) is 20.8 Å². The number of ether oxygens (including phenoxy) is 2. The molecule has 2 heterocycles. The number of thiazole rings is 1. The predicted molar refractivity (Wildman–Crippen MR) is 113 cm³/mol. The van der Waals surface area contributed by atoms with Crippen molar-refractivity contribution in [3.63, 3.8) is 0 Å². The van der Waals surface area contributed by atoms with Crippen LogP contribution in [0.5, 0.6) is 11.5 Å². The highest BCUT2D eigenvalue weighted by Crippen LogP contribution is 2.37. The molecule has 0 atom stereocenters. The van der Waals surface area contributed by atoms with Crippen molar-refractivity contribution in [1.29, 1.82) is 0 Å². The first-order valence-corrected chi connectivity index (χ1v) is 11.5. The number of hydrogen-bond donors (Lipinski definition) is 0. The maximum Gasteiger partial charge on any atom is 0.243 e. The van der Waals surface area contributed by atoms with Crippen LogP contribution in [-0.2, 0) is 23.0 Å². The molecule has 0 spiro atoms. The van der Waals surface area contributed by atoms with Gasteiger partial charge in [-0.1, -0.05) is 12.1 Å². The Bertz CT molecular complexity index is 1160. The first kappa shape index (κ1) is 19.9. The Labute approximate surface area is 174 Å². The van der Waals surface area contributed by atoms with Gasteiger partial charge in [0.25, 0.3) is 0 Å². The van der Waals surface area contributed by atoms with E-state index in [-0.39, 0.29) is 0 Å². The Hall–Kier alpha value is -2.42. The van der Waals surface area contributed by atoms with Crippen LogP contribution in [0.1, 0.15) is 16.1 Å². The van der Waals surface area contributed by atoms with E-state index in [9.17, 15) is 8.42 Å². The first-order valence-electron chi connectivity index (χ1n) is 9.20. The van der Waals surface area contributed by atoms with E-state index in [4.69, 9.17) is 14.5 Å². The summed E-state index contributed by atoms with van der Waals surface area (Å²) >= 11 is 1.53. The van der Waals surface area contributed by atoms with Gasteiger partial charge in [-0.3, -0.25) is 0 Å². The van der Waals surface area contributed by atoms with Gasteiger partial charge in [0.15, 0.2) is 11.5 Å². The predicted octanol–water partition coefficient (Wildman–Crippen LogP) is 3.88. The Morgan fingerprint density at radius 2 is 1.86 bits per heavy atom. The molecule has 0 saturated carbocycles. The van der Waals surface area contributed by atoms with Crippen LogP contribution in [0.15, 0.2) is 47.4 Å². The van der Waals surface area contributed by atoms with Crippen LogP contribution in [0, 0.1) is 6.92 Å². The van der Waals surface area contributed by atoms with Crippen LogP contribution in [0.2, 0.25) is 0 Å². The summed E-state index contributed by atoms with van der Waals surface area (Å²) < 4.78 is 38.3. The molecule has 2 aromatic carbocycles. The molecule has 152 valence electrons. The van der Waals surface area contributed by atoms with Crippen molar-refractivity contribution in [2.24, 2.45) is 0 Å². The zero-order chi connectivity index (χ0) is 20.6. The summed E-state index contributed by atoms with van der Waals surface area (Å²) in [6, 6.07) is 12.7. The summed E-state index contributed by atoms with van der Waals surface area (Å²) in [5, 5.41) is 0.853. The van der Waals surface area contributed by atoms with Crippen LogP contribution < -0.4 is 9.47 Å². The molecule has 0 bridgehead atoms. The van der Waals surface area contributed by atoms with E-state index in [1.54, 1.807) is 36.7 Å². The van der Waals surface area contributed by atoms with Crippen LogP contribution >= 0.6 is 11.3 Å². The van der Waals surface area contributed by atoms with Gasteiger partial charge in [-0.25, -0.2) is 13.4 Å². The third-order valence-corrected chi connectivity index (χ3v) is 7.93. The summed E-state index contributed by atoms with van der Waals surface area (Å²) in [6.45, 7) is 2.67. The monoisotopic (exact) mass is 430 g/mol.